The number of thiophene rings is 1. The Hall–Kier alpha value is -1.23. The maximum atomic E-state index is 5.58. The number of hydrogen-bond donors (Lipinski definition) is 1. The van der Waals surface area contributed by atoms with Crippen molar-refractivity contribution in [3.8, 4) is 10.4 Å². The van der Waals surface area contributed by atoms with E-state index in [1.165, 1.54) is 20.5 Å². The van der Waals surface area contributed by atoms with Crippen LogP contribution < -0.4 is 5.73 Å². The SMILES string of the molecule is NCc1ncc(-c2csc3ccccc23)s1. The zero-order valence-electron chi connectivity index (χ0n) is 8.51. The van der Waals surface area contributed by atoms with Crippen LogP contribution in [-0.4, -0.2) is 4.98 Å². The molecule has 0 atom stereocenters. The first kappa shape index (κ1) is 9.96. The Morgan fingerprint density at radius 2 is 2.12 bits per heavy atom. The predicted molar refractivity (Wildman–Crippen MR) is 70.8 cm³/mol. The van der Waals surface area contributed by atoms with Crippen molar-refractivity contribution in [1.82, 2.24) is 4.98 Å². The second-order valence-corrected chi connectivity index (χ2v) is 5.49. The van der Waals surface area contributed by atoms with Gasteiger partial charge in [-0.05, 0) is 6.07 Å². The first-order valence-electron chi connectivity index (χ1n) is 5.00. The lowest BCUT2D eigenvalue weighted by Gasteiger charge is -1.93. The van der Waals surface area contributed by atoms with Gasteiger partial charge >= 0.3 is 0 Å². The first-order chi connectivity index (χ1) is 7.88. The molecule has 0 radical (unpaired) electrons. The van der Waals surface area contributed by atoms with Crippen molar-refractivity contribution in [2.75, 3.05) is 0 Å². The zero-order valence-corrected chi connectivity index (χ0v) is 10.1. The van der Waals surface area contributed by atoms with Crippen LogP contribution in [0.1, 0.15) is 5.01 Å². The van der Waals surface area contributed by atoms with Crippen molar-refractivity contribution in [2.24, 2.45) is 5.73 Å². The van der Waals surface area contributed by atoms with E-state index in [0.29, 0.717) is 6.54 Å². The highest BCUT2D eigenvalue weighted by atomic mass is 32.1. The Balaban J connectivity index is 2.18. The molecule has 0 saturated carbocycles. The van der Waals surface area contributed by atoms with Crippen LogP contribution in [0.25, 0.3) is 20.5 Å². The summed E-state index contributed by atoms with van der Waals surface area (Å²) < 4.78 is 1.32. The smallest absolute Gasteiger partial charge is 0.107 e. The Morgan fingerprint density at radius 1 is 1.25 bits per heavy atom. The molecule has 16 heavy (non-hydrogen) atoms. The number of hydrogen-bond acceptors (Lipinski definition) is 4. The average molecular weight is 246 g/mol. The van der Waals surface area contributed by atoms with Crippen molar-refractivity contribution in [2.45, 2.75) is 6.54 Å². The van der Waals surface area contributed by atoms with Gasteiger partial charge in [-0.3, -0.25) is 0 Å². The fraction of sp³-hybridized carbons (Fsp3) is 0.0833. The predicted octanol–water partition coefficient (Wildman–Crippen LogP) is 3.48. The summed E-state index contributed by atoms with van der Waals surface area (Å²) in [5, 5.41) is 4.49. The number of fused-ring (bicyclic) bond motifs is 1. The van der Waals surface area contributed by atoms with Crippen LogP contribution in [0.3, 0.4) is 0 Å². The van der Waals surface area contributed by atoms with Gasteiger partial charge in [0.25, 0.3) is 0 Å². The molecule has 0 aliphatic heterocycles. The molecule has 2 N–H and O–H groups in total. The monoisotopic (exact) mass is 246 g/mol. The van der Waals surface area contributed by atoms with E-state index in [0.717, 1.165) is 5.01 Å². The first-order valence-corrected chi connectivity index (χ1v) is 6.69. The molecule has 2 aromatic heterocycles. The van der Waals surface area contributed by atoms with Gasteiger partial charge in [-0.25, -0.2) is 4.98 Å². The quantitative estimate of drug-likeness (QED) is 0.751. The summed E-state index contributed by atoms with van der Waals surface area (Å²) in [5.74, 6) is 0. The second kappa shape index (κ2) is 3.97. The molecule has 0 unspecified atom stereocenters. The van der Waals surface area contributed by atoms with Gasteiger partial charge < -0.3 is 5.73 Å². The maximum absolute atomic E-state index is 5.58. The van der Waals surface area contributed by atoms with E-state index in [1.54, 1.807) is 22.7 Å². The van der Waals surface area contributed by atoms with Crippen LogP contribution >= 0.6 is 22.7 Å². The molecule has 2 heterocycles. The highest BCUT2D eigenvalue weighted by Gasteiger charge is 2.08. The number of thiazole rings is 1. The number of benzene rings is 1. The molecule has 0 fully saturated rings. The van der Waals surface area contributed by atoms with Gasteiger partial charge in [-0.15, -0.1) is 22.7 Å². The van der Waals surface area contributed by atoms with Crippen molar-refractivity contribution < 1.29 is 0 Å². The van der Waals surface area contributed by atoms with Gasteiger partial charge in [0.15, 0.2) is 0 Å². The number of rotatable bonds is 2. The Morgan fingerprint density at radius 3 is 2.94 bits per heavy atom. The van der Waals surface area contributed by atoms with Crippen molar-refractivity contribution >= 4 is 32.8 Å². The highest BCUT2D eigenvalue weighted by Crippen LogP contribution is 2.36. The molecule has 0 bridgehead atoms. The third-order valence-electron chi connectivity index (χ3n) is 2.47. The molecule has 0 spiro atoms. The minimum absolute atomic E-state index is 0.521. The second-order valence-electron chi connectivity index (χ2n) is 3.47. The fourth-order valence-electron chi connectivity index (χ4n) is 1.70. The lowest BCUT2D eigenvalue weighted by atomic mass is 10.1. The van der Waals surface area contributed by atoms with E-state index in [9.17, 15) is 0 Å². The van der Waals surface area contributed by atoms with Crippen LogP contribution in [-0.2, 0) is 6.54 Å². The Kier molecular flexibility index (Phi) is 2.47. The van der Waals surface area contributed by atoms with E-state index in [1.807, 2.05) is 6.20 Å². The van der Waals surface area contributed by atoms with Gasteiger partial charge in [0.2, 0.25) is 0 Å². The van der Waals surface area contributed by atoms with Crippen LogP contribution in [0.2, 0.25) is 0 Å². The minimum atomic E-state index is 0.521. The van der Waals surface area contributed by atoms with Crippen LogP contribution in [0.15, 0.2) is 35.8 Å². The van der Waals surface area contributed by atoms with E-state index in [-0.39, 0.29) is 0 Å². The van der Waals surface area contributed by atoms with Crippen molar-refractivity contribution in [3.63, 3.8) is 0 Å². The molecule has 0 amide bonds. The molecular formula is C12H10N2S2. The van der Waals surface area contributed by atoms with Gasteiger partial charge in [-0.2, -0.15) is 0 Å². The topological polar surface area (TPSA) is 38.9 Å². The van der Waals surface area contributed by atoms with Gasteiger partial charge in [0.05, 0.1) is 4.88 Å². The van der Waals surface area contributed by atoms with Crippen LogP contribution in [0.5, 0.6) is 0 Å². The van der Waals surface area contributed by atoms with Gasteiger partial charge in [-0.1, -0.05) is 18.2 Å². The van der Waals surface area contributed by atoms with E-state index < -0.39 is 0 Å². The molecule has 0 saturated heterocycles. The normalized spacial score (nSPS) is 11.1. The molecule has 80 valence electrons. The van der Waals surface area contributed by atoms with E-state index in [4.69, 9.17) is 5.73 Å². The Bertz CT molecular complexity index is 625. The molecule has 3 rings (SSSR count). The van der Waals surface area contributed by atoms with Crippen molar-refractivity contribution in [1.29, 1.82) is 0 Å². The summed E-state index contributed by atoms with van der Waals surface area (Å²) in [5.41, 5.74) is 6.86. The van der Waals surface area contributed by atoms with E-state index >= 15 is 0 Å². The molecule has 0 aliphatic carbocycles. The summed E-state index contributed by atoms with van der Waals surface area (Å²) >= 11 is 3.45. The van der Waals surface area contributed by atoms with Crippen LogP contribution in [0.4, 0.5) is 0 Å². The zero-order chi connectivity index (χ0) is 11.0. The lowest BCUT2D eigenvalue weighted by molar-refractivity contribution is 1.04. The van der Waals surface area contributed by atoms with Crippen LogP contribution in [0, 0.1) is 0 Å². The third-order valence-corrected chi connectivity index (χ3v) is 4.49. The number of aromatic nitrogens is 1. The molecule has 3 aromatic rings. The van der Waals surface area contributed by atoms with Gasteiger partial charge in [0.1, 0.15) is 5.01 Å². The molecule has 1 aromatic carbocycles. The maximum Gasteiger partial charge on any atom is 0.107 e. The molecule has 0 aliphatic rings. The highest BCUT2D eigenvalue weighted by molar-refractivity contribution is 7.19. The largest absolute Gasteiger partial charge is 0.325 e. The van der Waals surface area contributed by atoms with Gasteiger partial charge in [0, 0.05) is 33.8 Å². The standard InChI is InChI=1S/C12H10N2S2/c13-5-12-14-6-11(16-12)9-7-15-10-4-2-1-3-8(9)10/h1-4,6-7H,5,13H2. The summed E-state index contributed by atoms with van der Waals surface area (Å²) in [4.78, 5) is 5.50. The minimum Gasteiger partial charge on any atom is -0.325 e. The summed E-state index contributed by atoms with van der Waals surface area (Å²) in [6.45, 7) is 0.521. The number of nitrogens with zero attached hydrogens (tertiary/aromatic N) is 1. The number of nitrogens with two attached hydrogens (primary N) is 1. The third kappa shape index (κ3) is 1.55. The fourth-order valence-corrected chi connectivity index (χ4v) is 3.56. The molecular weight excluding hydrogens is 236 g/mol. The average Bonchev–Trinajstić information content (AvgIpc) is 2.94. The summed E-state index contributed by atoms with van der Waals surface area (Å²) in [6.07, 6.45) is 1.92. The molecule has 2 nitrogen and oxygen atoms in total. The van der Waals surface area contributed by atoms with E-state index in [2.05, 4.69) is 34.6 Å². The lowest BCUT2D eigenvalue weighted by Crippen LogP contribution is -1.93. The van der Waals surface area contributed by atoms with Crippen molar-refractivity contribution in [3.05, 3.63) is 40.8 Å². The summed E-state index contributed by atoms with van der Waals surface area (Å²) in [6, 6.07) is 8.45. The summed E-state index contributed by atoms with van der Waals surface area (Å²) in [7, 11) is 0. The molecule has 4 heteroatoms. The Labute approximate surface area is 101 Å².